The SMILES string of the molecule is CC1OCCC1C(N)Cc1nc(C(C)(C)C)cs1. The second-order valence-corrected chi connectivity index (χ2v) is 7.22. The molecule has 1 aliphatic heterocycles. The Morgan fingerprint density at radius 3 is 2.78 bits per heavy atom. The summed E-state index contributed by atoms with van der Waals surface area (Å²) in [6.07, 6.45) is 2.25. The summed E-state index contributed by atoms with van der Waals surface area (Å²) >= 11 is 1.73. The van der Waals surface area contributed by atoms with Gasteiger partial charge in [-0.15, -0.1) is 11.3 Å². The van der Waals surface area contributed by atoms with Crippen LogP contribution in [-0.4, -0.2) is 23.7 Å². The monoisotopic (exact) mass is 268 g/mol. The van der Waals surface area contributed by atoms with E-state index in [2.05, 4.69) is 33.1 Å². The van der Waals surface area contributed by atoms with Crippen LogP contribution in [0.15, 0.2) is 5.38 Å². The molecule has 0 bridgehead atoms. The van der Waals surface area contributed by atoms with Gasteiger partial charge in [-0.1, -0.05) is 20.8 Å². The normalized spacial score (nSPS) is 26.5. The number of nitrogens with zero attached hydrogens (tertiary/aromatic N) is 1. The van der Waals surface area contributed by atoms with E-state index >= 15 is 0 Å². The number of ether oxygens (including phenoxy) is 1. The van der Waals surface area contributed by atoms with Crippen LogP contribution in [0.3, 0.4) is 0 Å². The van der Waals surface area contributed by atoms with Crippen molar-refractivity contribution in [2.24, 2.45) is 11.7 Å². The van der Waals surface area contributed by atoms with Crippen LogP contribution in [0.5, 0.6) is 0 Å². The van der Waals surface area contributed by atoms with Crippen LogP contribution in [-0.2, 0) is 16.6 Å². The van der Waals surface area contributed by atoms with Gasteiger partial charge < -0.3 is 10.5 Å². The van der Waals surface area contributed by atoms with E-state index in [-0.39, 0.29) is 11.5 Å². The van der Waals surface area contributed by atoms with Gasteiger partial charge in [0.25, 0.3) is 0 Å². The average Bonchev–Trinajstić information content (AvgIpc) is 2.85. The molecule has 1 aliphatic rings. The first-order valence-electron chi connectivity index (χ1n) is 6.70. The highest BCUT2D eigenvalue weighted by molar-refractivity contribution is 7.09. The van der Waals surface area contributed by atoms with E-state index in [0.717, 1.165) is 24.5 Å². The maximum atomic E-state index is 6.31. The Labute approximate surface area is 114 Å². The lowest BCUT2D eigenvalue weighted by atomic mass is 9.92. The molecule has 3 atom stereocenters. The van der Waals surface area contributed by atoms with Gasteiger partial charge in [-0.25, -0.2) is 4.98 Å². The van der Waals surface area contributed by atoms with Gasteiger partial charge in [0, 0.05) is 35.8 Å². The highest BCUT2D eigenvalue weighted by Gasteiger charge is 2.30. The van der Waals surface area contributed by atoms with E-state index in [0.29, 0.717) is 12.0 Å². The molecule has 2 heterocycles. The van der Waals surface area contributed by atoms with Gasteiger partial charge in [0.1, 0.15) is 0 Å². The Hall–Kier alpha value is -0.450. The Balaban J connectivity index is 1.99. The maximum Gasteiger partial charge on any atom is 0.0944 e. The molecule has 1 saturated heterocycles. The Morgan fingerprint density at radius 1 is 1.56 bits per heavy atom. The first kappa shape index (κ1) is 14.0. The van der Waals surface area contributed by atoms with Crippen LogP contribution < -0.4 is 5.73 Å². The van der Waals surface area contributed by atoms with Crippen LogP contribution in [0.25, 0.3) is 0 Å². The molecule has 1 fully saturated rings. The second-order valence-electron chi connectivity index (χ2n) is 6.27. The maximum absolute atomic E-state index is 6.31. The van der Waals surface area contributed by atoms with E-state index in [4.69, 9.17) is 15.5 Å². The van der Waals surface area contributed by atoms with E-state index in [1.165, 1.54) is 5.69 Å². The van der Waals surface area contributed by atoms with Crippen molar-refractivity contribution in [2.75, 3.05) is 6.61 Å². The molecule has 0 amide bonds. The zero-order valence-corrected chi connectivity index (χ0v) is 12.6. The third-order valence-corrected chi connectivity index (χ3v) is 4.59. The fourth-order valence-corrected chi connectivity index (χ4v) is 3.51. The van der Waals surface area contributed by atoms with Gasteiger partial charge >= 0.3 is 0 Å². The summed E-state index contributed by atoms with van der Waals surface area (Å²) in [7, 11) is 0. The van der Waals surface area contributed by atoms with E-state index in [1.807, 2.05) is 0 Å². The molecule has 1 aromatic rings. The van der Waals surface area contributed by atoms with Crippen LogP contribution in [0.4, 0.5) is 0 Å². The number of nitrogens with two attached hydrogens (primary N) is 1. The number of rotatable bonds is 3. The van der Waals surface area contributed by atoms with Crippen molar-refractivity contribution in [3.05, 3.63) is 16.1 Å². The standard InChI is InChI=1S/C14H24N2OS/c1-9-10(5-6-17-9)11(15)7-13-16-12(8-18-13)14(2,3)4/h8-11H,5-7,15H2,1-4H3. The lowest BCUT2D eigenvalue weighted by molar-refractivity contribution is 0.0995. The van der Waals surface area contributed by atoms with Gasteiger partial charge in [-0.3, -0.25) is 0 Å². The molecule has 0 radical (unpaired) electrons. The van der Waals surface area contributed by atoms with Gasteiger partial charge in [0.15, 0.2) is 0 Å². The minimum atomic E-state index is 0.128. The molecular weight excluding hydrogens is 244 g/mol. The Kier molecular flexibility index (Phi) is 4.09. The topological polar surface area (TPSA) is 48.1 Å². The van der Waals surface area contributed by atoms with Gasteiger partial charge in [-0.05, 0) is 13.3 Å². The van der Waals surface area contributed by atoms with Gasteiger partial charge in [0.05, 0.1) is 16.8 Å². The predicted molar refractivity (Wildman–Crippen MR) is 76.0 cm³/mol. The zero-order chi connectivity index (χ0) is 13.3. The first-order chi connectivity index (χ1) is 8.38. The van der Waals surface area contributed by atoms with Gasteiger partial charge in [-0.2, -0.15) is 0 Å². The fraction of sp³-hybridized carbons (Fsp3) is 0.786. The van der Waals surface area contributed by atoms with Crippen LogP contribution >= 0.6 is 11.3 Å². The molecule has 0 spiro atoms. The summed E-state index contributed by atoms with van der Waals surface area (Å²) in [6, 6.07) is 0.168. The summed E-state index contributed by atoms with van der Waals surface area (Å²) in [4.78, 5) is 4.72. The molecule has 3 unspecified atom stereocenters. The largest absolute Gasteiger partial charge is 0.378 e. The Bertz CT molecular complexity index is 397. The van der Waals surface area contributed by atoms with Crippen molar-refractivity contribution in [1.29, 1.82) is 0 Å². The summed E-state index contributed by atoms with van der Waals surface area (Å²) in [5.41, 5.74) is 7.61. The quantitative estimate of drug-likeness (QED) is 0.917. The van der Waals surface area contributed by atoms with Crippen molar-refractivity contribution in [1.82, 2.24) is 4.98 Å². The minimum Gasteiger partial charge on any atom is -0.378 e. The summed E-state index contributed by atoms with van der Waals surface area (Å²) in [5.74, 6) is 0.479. The molecule has 0 aromatic carbocycles. The molecule has 2 N–H and O–H groups in total. The Morgan fingerprint density at radius 2 is 2.28 bits per heavy atom. The number of thiazole rings is 1. The lowest BCUT2D eigenvalue weighted by Crippen LogP contribution is -2.36. The first-order valence-corrected chi connectivity index (χ1v) is 7.58. The summed E-state index contributed by atoms with van der Waals surface area (Å²) in [6.45, 7) is 9.56. The van der Waals surface area contributed by atoms with E-state index in [9.17, 15) is 0 Å². The van der Waals surface area contributed by atoms with Crippen molar-refractivity contribution >= 4 is 11.3 Å². The number of hydrogen-bond acceptors (Lipinski definition) is 4. The zero-order valence-electron chi connectivity index (χ0n) is 11.8. The molecule has 1 aromatic heterocycles. The predicted octanol–water partition coefficient (Wildman–Crippen LogP) is 2.74. The van der Waals surface area contributed by atoms with Crippen LogP contribution in [0, 0.1) is 5.92 Å². The highest BCUT2D eigenvalue weighted by Crippen LogP contribution is 2.28. The third kappa shape index (κ3) is 3.11. The number of aromatic nitrogens is 1. The highest BCUT2D eigenvalue weighted by atomic mass is 32.1. The molecular formula is C14H24N2OS. The van der Waals surface area contributed by atoms with E-state index < -0.39 is 0 Å². The minimum absolute atomic E-state index is 0.128. The molecule has 3 nitrogen and oxygen atoms in total. The third-order valence-electron chi connectivity index (χ3n) is 3.72. The van der Waals surface area contributed by atoms with Gasteiger partial charge in [0.2, 0.25) is 0 Å². The van der Waals surface area contributed by atoms with Crippen molar-refractivity contribution < 1.29 is 4.74 Å². The van der Waals surface area contributed by atoms with Crippen molar-refractivity contribution in [2.45, 2.75) is 58.1 Å². The molecule has 0 aliphatic carbocycles. The molecule has 102 valence electrons. The summed E-state index contributed by atoms with van der Waals surface area (Å²) < 4.78 is 5.59. The number of hydrogen-bond donors (Lipinski definition) is 1. The summed E-state index contributed by atoms with van der Waals surface area (Å²) in [5, 5.41) is 3.32. The molecule has 2 rings (SSSR count). The van der Waals surface area contributed by atoms with Crippen LogP contribution in [0.1, 0.15) is 44.8 Å². The fourth-order valence-electron chi connectivity index (χ4n) is 2.41. The molecule has 4 heteroatoms. The molecule has 18 heavy (non-hydrogen) atoms. The smallest absolute Gasteiger partial charge is 0.0944 e. The second kappa shape index (κ2) is 5.27. The average molecular weight is 268 g/mol. The lowest BCUT2D eigenvalue weighted by Gasteiger charge is -2.21. The van der Waals surface area contributed by atoms with E-state index in [1.54, 1.807) is 11.3 Å². The molecule has 0 saturated carbocycles. The van der Waals surface area contributed by atoms with Crippen molar-refractivity contribution in [3.63, 3.8) is 0 Å². The van der Waals surface area contributed by atoms with Crippen LogP contribution in [0.2, 0.25) is 0 Å². The van der Waals surface area contributed by atoms with Crippen molar-refractivity contribution in [3.8, 4) is 0 Å².